The molecule has 4 heteroatoms. The lowest BCUT2D eigenvalue weighted by atomic mass is 9.91. The molecule has 0 amide bonds. The summed E-state index contributed by atoms with van der Waals surface area (Å²) in [6.45, 7) is 2.18. The lowest BCUT2D eigenvalue weighted by Gasteiger charge is -2.27. The molecule has 0 bridgehead atoms. The Morgan fingerprint density at radius 1 is 0.704 bits per heavy atom. The maximum atomic E-state index is 9.57. The van der Waals surface area contributed by atoms with Crippen LogP contribution >= 0.6 is 12.4 Å². The van der Waals surface area contributed by atoms with Crippen molar-refractivity contribution < 1.29 is 10.2 Å². The van der Waals surface area contributed by atoms with Gasteiger partial charge in [-0.05, 0) is 44.8 Å². The molecule has 0 aliphatic carbocycles. The van der Waals surface area contributed by atoms with E-state index in [1.807, 2.05) is 6.92 Å². The van der Waals surface area contributed by atoms with Gasteiger partial charge in [0.1, 0.15) is 0 Å². The summed E-state index contributed by atoms with van der Waals surface area (Å²) in [5.41, 5.74) is 0.465. The van der Waals surface area contributed by atoms with Gasteiger partial charge in [0.25, 0.3) is 0 Å². The van der Waals surface area contributed by atoms with Crippen molar-refractivity contribution in [3.63, 3.8) is 0 Å². The first-order valence-electron chi connectivity index (χ1n) is 8.95. The predicted octanol–water partition coefficient (Wildman–Crippen LogP) is 4.40. The molecule has 4 aromatic rings. The van der Waals surface area contributed by atoms with Gasteiger partial charge in [0, 0.05) is 6.54 Å². The molecule has 27 heavy (non-hydrogen) atoms. The van der Waals surface area contributed by atoms with Crippen molar-refractivity contribution in [3.05, 3.63) is 72.3 Å². The minimum Gasteiger partial charge on any atom is -0.394 e. The van der Waals surface area contributed by atoms with Gasteiger partial charge in [-0.15, -0.1) is 12.4 Å². The second-order valence-corrected chi connectivity index (χ2v) is 7.16. The van der Waals surface area contributed by atoms with Crippen molar-refractivity contribution in [2.24, 2.45) is 0 Å². The first-order valence-corrected chi connectivity index (χ1v) is 8.95. The Morgan fingerprint density at radius 3 is 1.67 bits per heavy atom. The topological polar surface area (TPSA) is 52.5 Å². The smallest absolute Gasteiger partial charge is 0.0633 e. The van der Waals surface area contributed by atoms with Crippen LogP contribution in [0.2, 0.25) is 0 Å². The molecule has 4 rings (SSSR count). The van der Waals surface area contributed by atoms with Gasteiger partial charge >= 0.3 is 0 Å². The minimum absolute atomic E-state index is 0. The lowest BCUT2D eigenvalue weighted by Crippen LogP contribution is -2.48. The molecule has 0 aromatic heterocycles. The van der Waals surface area contributed by atoms with Crippen LogP contribution in [0, 0.1) is 0 Å². The largest absolute Gasteiger partial charge is 0.394 e. The maximum Gasteiger partial charge on any atom is 0.0633 e. The summed E-state index contributed by atoms with van der Waals surface area (Å²) in [6.07, 6.45) is 0. The summed E-state index contributed by atoms with van der Waals surface area (Å²) < 4.78 is 0. The average Bonchev–Trinajstić information content (AvgIpc) is 2.72. The number of nitrogens with one attached hydrogen (secondary N) is 1. The van der Waals surface area contributed by atoms with Gasteiger partial charge < -0.3 is 15.5 Å². The van der Waals surface area contributed by atoms with Crippen LogP contribution in [-0.2, 0) is 6.54 Å². The first-order chi connectivity index (χ1) is 12.7. The Kier molecular flexibility index (Phi) is 5.68. The summed E-state index contributed by atoms with van der Waals surface area (Å²) in [5.74, 6) is 0. The van der Waals surface area contributed by atoms with E-state index in [1.54, 1.807) is 0 Å². The summed E-state index contributed by atoms with van der Waals surface area (Å²) in [7, 11) is 0. The zero-order valence-corrected chi connectivity index (χ0v) is 16.1. The van der Waals surface area contributed by atoms with E-state index in [1.165, 1.54) is 32.3 Å². The number of rotatable bonds is 5. The highest BCUT2D eigenvalue weighted by atomic mass is 35.5. The molecule has 0 saturated heterocycles. The number of fused-ring (bicyclic) bond motifs is 6. The van der Waals surface area contributed by atoms with Gasteiger partial charge in [0.15, 0.2) is 0 Å². The van der Waals surface area contributed by atoms with E-state index in [4.69, 9.17) is 0 Å². The standard InChI is InChI=1S/C23H23NO2.ClH/c1-23(14-25,15-26)24-13-16-7-6-12-21-19-9-3-2-8-17(19)18-10-4-5-11-20(18)22(16)21;/h2-12,24-26H,13-15H2,1H3;1H. The number of halogens is 1. The summed E-state index contributed by atoms with van der Waals surface area (Å²) in [4.78, 5) is 0. The molecule has 0 saturated carbocycles. The van der Waals surface area contributed by atoms with Gasteiger partial charge in [-0.3, -0.25) is 0 Å². The lowest BCUT2D eigenvalue weighted by molar-refractivity contribution is 0.103. The van der Waals surface area contributed by atoms with E-state index in [2.05, 4.69) is 72.0 Å². The fourth-order valence-corrected chi connectivity index (χ4v) is 3.65. The Labute approximate surface area is 165 Å². The molecular formula is C23H24ClNO2. The molecule has 3 N–H and O–H groups in total. The van der Waals surface area contributed by atoms with Crippen molar-refractivity contribution >= 4 is 44.7 Å². The van der Waals surface area contributed by atoms with Crippen LogP contribution in [0.5, 0.6) is 0 Å². The van der Waals surface area contributed by atoms with Gasteiger partial charge in [-0.25, -0.2) is 0 Å². The maximum absolute atomic E-state index is 9.57. The molecule has 0 heterocycles. The highest BCUT2D eigenvalue weighted by molar-refractivity contribution is 6.26. The van der Waals surface area contributed by atoms with E-state index in [0.717, 1.165) is 5.56 Å². The van der Waals surface area contributed by atoms with Crippen molar-refractivity contribution in [1.29, 1.82) is 0 Å². The molecule has 0 aliphatic rings. The number of benzene rings is 4. The van der Waals surface area contributed by atoms with Gasteiger partial charge in [-0.1, -0.05) is 66.7 Å². The molecule has 0 spiro atoms. The second kappa shape index (κ2) is 7.83. The number of aliphatic hydroxyl groups is 2. The van der Waals surface area contributed by atoms with Crippen LogP contribution in [0.3, 0.4) is 0 Å². The van der Waals surface area contributed by atoms with Gasteiger partial charge in [-0.2, -0.15) is 0 Å². The molecule has 0 atom stereocenters. The van der Waals surface area contributed by atoms with Gasteiger partial charge in [0.2, 0.25) is 0 Å². The Bertz CT molecular complexity index is 1040. The minimum atomic E-state index is -0.700. The van der Waals surface area contributed by atoms with Crippen LogP contribution in [0.25, 0.3) is 32.3 Å². The fourth-order valence-electron chi connectivity index (χ4n) is 3.65. The van der Waals surface area contributed by atoms with Crippen LogP contribution in [0.4, 0.5) is 0 Å². The first kappa shape index (κ1) is 19.6. The monoisotopic (exact) mass is 381 g/mol. The quantitative estimate of drug-likeness (QED) is 0.449. The normalized spacial score (nSPS) is 11.8. The molecule has 4 aromatic carbocycles. The second-order valence-electron chi connectivity index (χ2n) is 7.16. The Morgan fingerprint density at radius 2 is 1.15 bits per heavy atom. The molecule has 0 radical (unpaired) electrons. The van der Waals surface area contributed by atoms with E-state index in [0.29, 0.717) is 6.54 Å². The van der Waals surface area contributed by atoms with E-state index in [-0.39, 0.29) is 25.6 Å². The number of hydrogen-bond acceptors (Lipinski definition) is 3. The molecule has 3 nitrogen and oxygen atoms in total. The molecule has 0 fully saturated rings. The van der Waals surface area contributed by atoms with Crippen molar-refractivity contribution in [2.75, 3.05) is 13.2 Å². The molecule has 0 aliphatic heterocycles. The van der Waals surface area contributed by atoms with Crippen molar-refractivity contribution in [3.8, 4) is 0 Å². The SMILES string of the molecule is CC(CO)(CO)NCc1cccc2c3ccccc3c3ccccc3c12.Cl. The zero-order valence-electron chi connectivity index (χ0n) is 15.3. The number of hydrogen-bond donors (Lipinski definition) is 3. The average molecular weight is 382 g/mol. The molecular weight excluding hydrogens is 358 g/mol. The highest BCUT2D eigenvalue weighted by Gasteiger charge is 2.22. The van der Waals surface area contributed by atoms with E-state index >= 15 is 0 Å². The van der Waals surface area contributed by atoms with Crippen LogP contribution in [0.15, 0.2) is 66.7 Å². The summed E-state index contributed by atoms with van der Waals surface area (Å²) in [6, 6.07) is 23.4. The van der Waals surface area contributed by atoms with E-state index < -0.39 is 5.54 Å². The van der Waals surface area contributed by atoms with Crippen LogP contribution in [-0.4, -0.2) is 29.0 Å². The molecule has 0 unspecified atom stereocenters. The summed E-state index contributed by atoms with van der Waals surface area (Å²) in [5, 5.41) is 29.9. The zero-order chi connectivity index (χ0) is 18.1. The third kappa shape index (κ3) is 3.40. The van der Waals surface area contributed by atoms with Crippen molar-refractivity contribution in [2.45, 2.75) is 19.0 Å². The third-order valence-corrected chi connectivity index (χ3v) is 5.26. The van der Waals surface area contributed by atoms with E-state index in [9.17, 15) is 10.2 Å². The van der Waals surface area contributed by atoms with Crippen LogP contribution in [0.1, 0.15) is 12.5 Å². The van der Waals surface area contributed by atoms with Crippen molar-refractivity contribution in [1.82, 2.24) is 5.32 Å². The highest BCUT2D eigenvalue weighted by Crippen LogP contribution is 2.36. The molecule has 140 valence electrons. The number of aliphatic hydroxyl groups excluding tert-OH is 2. The fraction of sp³-hybridized carbons (Fsp3) is 0.217. The third-order valence-electron chi connectivity index (χ3n) is 5.26. The van der Waals surface area contributed by atoms with Gasteiger partial charge in [0.05, 0.1) is 18.8 Å². The Hall–Kier alpha value is -2.17. The summed E-state index contributed by atoms with van der Waals surface area (Å²) >= 11 is 0. The van der Waals surface area contributed by atoms with Crippen LogP contribution < -0.4 is 5.32 Å². The Balaban J connectivity index is 0.00000210. The predicted molar refractivity (Wildman–Crippen MR) is 116 cm³/mol.